The second-order valence-corrected chi connectivity index (χ2v) is 4.45. The summed E-state index contributed by atoms with van der Waals surface area (Å²) in [7, 11) is 0. The molecule has 12 heavy (non-hydrogen) atoms. The molecule has 1 aliphatic rings. The van der Waals surface area contributed by atoms with Crippen LogP contribution in [0.4, 0.5) is 0 Å². The van der Waals surface area contributed by atoms with Crippen molar-refractivity contribution in [3.63, 3.8) is 0 Å². The van der Waals surface area contributed by atoms with Gasteiger partial charge in [-0.3, -0.25) is 0 Å². The smallest absolute Gasteiger partial charge is 0.0845 e. The van der Waals surface area contributed by atoms with Gasteiger partial charge in [-0.2, -0.15) is 0 Å². The van der Waals surface area contributed by atoms with Crippen LogP contribution in [0.2, 0.25) is 0 Å². The third-order valence-corrected chi connectivity index (χ3v) is 3.64. The second-order valence-electron chi connectivity index (χ2n) is 4.18. The molecule has 2 unspecified atom stereocenters. The lowest BCUT2D eigenvalue weighted by Crippen LogP contribution is -2.40. The highest BCUT2D eigenvalue weighted by atomic mass is 35.5. The molecule has 1 fully saturated rings. The van der Waals surface area contributed by atoms with Gasteiger partial charge in [-0.25, -0.2) is 0 Å². The highest BCUT2D eigenvalue weighted by Gasteiger charge is 2.40. The zero-order chi connectivity index (χ0) is 9.19. The summed E-state index contributed by atoms with van der Waals surface area (Å²) in [5.74, 6) is 1.87. The molecule has 1 aliphatic heterocycles. The normalized spacial score (nSPS) is 32.8. The lowest BCUT2D eigenvalue weighted by Gasteiger charge is -2.35. The van der Waals surface area contributed by atoms with Crippen LogP contribution < -0.4 is 0 Å². The van der Waals surface area contributed by atoms with Crippen molar-refractivity contribution < 1.29 is 4.74 Å². The SMILES string of the molecule is CC(C)C(C)C1(CCl)CCCO1. The highest BCUT2D eigenvalue weighted by Crippen LogP contribution is 2.37. The van der Waals surface area contributed by atoms with E-state index in [1.54, 1.807) is 0 Å². The molecule has 1 rings (SSSR count). The summed E-state index contributed by atoms with van der Waals surface area (Å²) in [4.78, 5) is 0. The lowest BCUT2D eigenvalue weighted by atomic mass is 9.80. The van der Waals surface area contributed by atoms with E-state index in [0.29, 0.717) is 17.7 Å². The lowest BCUT2D eigenvalue weighted by molar-refractivity contribution is -0.0346. The number of halogens is 1. The van der Waals surface area contributed by atoms with E-state index in [4.69, 9.17) is 16.3 Å². The molecular formula is C10H19ClO. The van der Waals surface area contributed by atoms with Gasteiger partial charge >= 0.3 is 0 Å². The van der Waals surface area contributed by atoms with Crippen molar-refractivity contribution in [2.24, 2.45) is 11.8 Å². The first-order chi connectivity index (χ1) is 5.62. The van der Waals surface area contributed by atoms with Crippen molar-refractivity contribution in [3.05, 3.63) is 0 Å². The largest absolute Gasteiger partial charge is 0.373 e. The summed E-state index contributed by atoms with van der Waals surface area (Å²) in [5.41, 5.74) is -0.0181. The van der Waals surface area contributed by atoms with Crippen LogP contribution in [0, 0.1) is 11.8 Å². The van der Waals surface area contributed by atoms with Crippen molar-refractivity contribution in [3.8, 4) is 0 Å². The average molecular weight is 191 g/mol. The minimum Gasteiger partial charge on any atom is -0.373 e. The summed E-state index contributed by atoms with van der Waals surface area (Å²) in [6.45, 7) is 7.61. The van der Waals surface area contributed by atoms with Crippen LogP contribution >= 0.6 is 11.6 Å². The molecule has 2 heteroatoms. The zero-order valence-electron chi connectivity index (χ0n) is 8.27. The van der Waals surface area contributed by atoms with Crippen molar-refractivity contribution in [1.29, 1.82) is 0 Å². The van der Waals surface area contributed by atoms with Gasteiger partial charge in [-0.05, 0) is 24.7 Å². The van der Waals surface area contributed by atoms with Crippen LogP contribution in [-0.2, 0) is 4.74 Å². The summed E-state index contributed by atoms with van der Waals surface area (Å²) in [6, 6.07) is 0. The standard InChI is InChI=1S/C10H19ClO/c1-8(2)9(3)10(7-11)5-4-6-12-10/h8-9H,4-7H2,1-3H3. The Balaban J connectivity index is 2.65. The van der Waals surface area contributed by atoms with Gasteiger partial charge < -0.3 is 4.74 Å². The van der Waals surface area contributed by atoms with Gasteiger partial charge in [-0.15, -0.1) is 11.6 Å². The Hall–Kier alpha value is 0.250. The maximum atomic E-state index is 5.98. The molecule has 0 aliphatic carbocycles. The molecule has 0 aromatic rings. The molecule has 2 atom stereocenters. The van der Waals surface area contributed by atoms with Crippen LogP contribution in [0.1, 0.15) is 33.6 Å². The first kappa shape index (κ1) is 10.3. The summed E-state index contributed by atoms with van der Waals surface area (Å²) in [6.07, 6.45) is 2.31. The van der Waals surface area contributed by atoms with Gasteiger partial charge in [0.15, 0.2) is 0 Å². The van der Waals surface area contributed by atoms with Crippen LogP contribution in [0.15, 0.2) is 0 Å². The fourth-order valence-corrected chi connectivity index (χ4v) is 2.37. The van der Waals surface area contributed by atoms with E-state index in [1.165, 1.54) is 6.42 Å². The number of ether oxygens (including phenoxy) is 1. The number of rotatable bonds is 3. The topological polar surface area (TPSA) is 9.23 Å². The Kier molecular flexibility index (Phi) is 3.42. The van der Waals surface area contributed by atoms with E-state index in [9.17, 15) is 0 Å². The van der Waals surface area contributed by atoms with Gasteiger partial charge in [0.1, 0.15) is 0 Å². The Morgan fingerprint density at radius 3 is 2.42 bits per heavy atom. The van der Waals surface area contributed by atoms with Crippen LogP contribution in [0.3, 0.4) is 0 Å². The quantitative estimate of drug-likeness (QED) is 0.622. The molecule has 0 N–H and O–H groups in total. The van der Waals surface area contributed by atoms with E-state index in [2.05, 4.69) is 20.8 Å². The molecule has 0 saturated carbocycles. The number of alkyl halides is 1. The van der Waals surface area contributed by atoms with E-state index < -0.39 is 0 Å². The van der Waals surface area contributed by atoms with Gasteiger partial charge in [0.2, 0.25) is 0 Å². The zero-order valence-corrected chi connectivity index (χ0v) is 9.03. The molecule has 0 aromatic heterocycles. The first-order valence-electron chi connectivity index (χ1n) is 4.82. The van der Waals surface area contributed by atoms with E-state index >= 15 is 0 Å². The molecule has 1 heterocycles. The maximum absolute atomic E-state index is 5.98. The fourth-order valence-electron chi connectivity index (χ4n) is 1.91. The predicted octanol–water partition coefficient (Wildman–Crippen LogP) is 3.07. The Morgan fingerprint density at radius 1 is 1.42 bits per heavy atom. The monoisotopic (exact) mass is 190 g/mol. The molecule has 1 nitrogen and oxygen atoms in total. The average Bonchev–Trinajstić information content (AvgIpc) is 2.52. The Bertz CT molecular complexity index is 139. The van der Waals surface area contributed by atoms with E-state index in [0.717, 1.165) is 13.0 Å². The maximum Gasteiger partial charge on any atom is 0.0845 e. The first-order valence-corrected chi connectivity index (χ1v) is 5.36. The van der Waals surface area contributed by atoms with Crippen LogP contribution in [0.5, 0.6) is 0 Å². The number of hydrogen-bond donors (Lipinski definition) is 0. The summed E-state index contributed by atoms with van der Waals surface area (Å²) < 4.78 is 5.78. The minimum absolute atomic E-state index is 0.0181. The molecule has 0 bridgehead atoms. The van der Waals surface area contributed by atoms with Crippen molar-refractivity contribution in [2.75, 3.05) is 12.5 Å². The number of hydrogen-bond acceptors (Lipinski definition) is 1. The Morgan fingerprint density at radius 2 is 2.08 bits per heavy atom. The van der Waals surface area contributed by atoms with E-state index in [-0.39, 0.29) is 5.60 Å². The molecule has 0 spiro atoms. The molecule has 1 saturated heterocycles. The van der Waals surface area contributed by atoms with Crippen LogP contribution in [-0.4, -0.2) is 18.1 Å². The second kappa shape index (κ2) is 3.97. The Labute approximate surface area is 80.4 Å². The van der Waals surface area contributed by atoms with Gasteiger partial charge in [0.05, 0.1) is 11.5 Å². The van der Waals surface area contributed by atoms with Gasteiger partial charge in [-0.1, -0.05) is 20.8 Å². The molecular weight excluding hydrogens is 172 g/mol. The minimum atomic E-state index is -0.0181. The predicted molar refractivity (Wildman–Crippen MR) is 52.6 cm³/mol. The molecule has 0 aromatic carbocycles. The summed E-state index contributed by atoms with van der Waals surface area (Å²) >= 11 is 5.98. The van der Waals surface area contributed by atoms with E-state index in [1.807, 2.05) is 0 Å². The highest BCUT2D eigenvalue weighted by molar-refractivity contribution is 6.18. The molecule has 0 radical (unpaired) electrons. The van der Waals surface area contributed by atoms with Gasteiger partial charge in [0, 0.05) is 6.61 Å². The van der Waals surface area contributed by atoms with Crippen molar-refractivity contribution in [1.82, 2.24) is 0 Å². The third kappa shape index (κ3) is 1.77. The van der Waals surface area contributed by atoms with Crippen molar-refractivity contribution >= 4 is 11.6 Å². The fraction of sp³-hybridized carbons (Fsp3) is 1.00. The van der Waals surface area contributed by atoms with Crippen molar-refractivity contribution in [2.45, 2.75) is 39.2 Å². The molecule has 72 valence electrons. The summed E-state index contributed by atoms with van der Waals surface area (Å²) in [5, 5.41) is 0. The van der Waals surface area contributed by atoms with Crippen LogP contribution in [0.25, 0.3) is 0 Å². The molecule has 0 amide bonds. The third-order valence-electron chi connectivity index (χ3n) is 3.19. The van der Waals surface area contributed by atoms with Gasteiger partial charge in [0.25, 0.3) is 0 Å².